The first-order valence-electron chi connectivity index (χ1n) is 5.22. The monoisotopic (exact) mass is 271 g/mol. The quantitative estimate of drug-likeness (QED) is 0.781. The van der Waals surface area contributed by atoms with E-state index in [1.54, 1.807) is 6.92 Å². The van der Waals surface area contributed by atoms with Gasteiger partial charge in [-0.2, -0.15) is 0 Å². The highest BCUT2D eigenvalue weighted by Crippen LogP contribution is 2.20. The summed E-state index contributed by atoms with van der Waals surface area (Å²) in [5.41, 5.74) is 5.32. The summed E-state index contributed by atoms with van der Waals surface area (Å²) < 4.78 is 4.59. The van der Waals surface area contributed by atoms with Gasteiger partial charge in [0.2, 0.25) is 5.91 Å². The summed E-state index contributed by atoms with van der Waals surface area (Å²) in [6.07, 6.45) is 1.32. The summed E-state index contributed by atoms with van der Waals surface area (Å²) in [6, 6.07) is 1.42. The van der Waals surface area contributed by atoms with E-state index in [-0.39, 0.29) is 22.5 Å². The van der Waals surface area contributed by atoms with Gasteiger partial charge in [0, 0.05) is 12.7 Å². The molecule has 3 N–H and O–H groups in total. The van der Waals surface area contributed by atoms with Crippen molar-refractivity contribution >= 4 is 29.3 Å². The van der Waals surface area contributed by atoms with Gasteiger partial charge in [0.1, 0.15) is 5.82 Å². The van der Waals surface area contributed by atoms with Crippen molar-refractivity contribution in [3.8, 4) is 0 Å². The lowest BCUT2D eigenvalue weighted by Crippen LogP contribution is -2.22. The summed E-state index contributed by atoms with van der Waals surface area (Å²) in [5.74, 6) is -0.868. The molecule has 0 spiro atoms. The molecule has 0 aliphatic carbocycles. The second kappa shape index (κ2) is 6.20. The molecule has 0 radical (unpaired) electrons. The molecule has 1 heterocycles. The highest BCUT2D eigenvalue weighted by molar-refractivity contribution is 6.33. The van der Waals surface area contributed by atoms with E-state index in [1.165, 1.54) is 19.4 Å². The minimum absolute atomic E-state index is 0.228. The number of amides is 1. The SMILES string of the molecule is COC(=O)C(C)CNc1ncc(C(N)=O)cc1Cl. The van der Waals surface area contributed by atoms with Crippen molar-refractivity contribution in [3.05, 3.63) is 22.8 Å². The molecule has 18 heavy (non-hydrogen) atoms. The van der Waals surface area contributed by atoms with E-state index in [1.807, 2.05) is 0 Å². The number of nitrogens with one attached hydrogen (secondary N) is 1. The second-order valence-corrected chi connectivity index (χ2v) is 4.13. The molecule has 7 heteroatoms. The molecule has 1 unspecified atom stereocenters. The Bertz CT molecular complexity index is 465. The van der Waals surface area contributed by atoms with Crippen LogP contribution in [0.15, 0.2) is 12.3 Å². The summed E-state index contributed by atoms with van der Waals surface area (Å²) in [4.78, 5) is 26.0. The van der Waals surface area contributed by atoms with Crippen LogP contribution in [0, 0.1) is 5.92 Å². The molecule has 1 aromatic rings. The normalized spacial score (nSPS) is 11.7. The fourth-order valence-electron chi connectivity index (χ4n) is 1.24. The van der Waals surface area contributed by atoms with Gasteiger partial charge in [0.15, 0.2) is 0 Å². The first-order valence-corrected chi connectivity index (χ1v) is 5.60. The van der Waals surface area contributed by atoms with E-state index >= 15 is 0 Å². The number of hydrogen-bond acceptors (Lipinski definition) is 5. The first kappa shape index (κ1) is 14.2. The molecule has 1 rings (SSSR count). The van der Waals surface area contributed by atoms with E-state index in [0.29, 0.717) is 12.4 Å². The Morgan fingerprint density at radius 2 is 2.28 bits per heavy atom. The fourth-order valence-corrected chi connectivity index (χ4v) is 1.47. The van der Waals surface area contributed by atoms with Crippen LogP contribution in [0.2, 0.25) is 5.02 Å². The highest BCUT2D eigenvalue weighted by Gasteiger charge is 2.14. The number of nitrogens with two attached hydrogens (primary N) is 1. The number of nitrogens with zero attached hydrogens (tertiary/aromatic N) is 1. The van der Waals surface area contributed by atoms with E-state index in [2.05, 4.69) is 15.0 Å². The largest absolute Gasteiger partial charge is 0.469 e. The summed E-state index contributed by atoms with van der Waals surface area (Å²) in [6.45, 7) is 2.04. The smallest absolute Gasteiger partial charge is 0.310 e. The van der Waals surface area contributed by atoms with E-state index in [4.69, 9.17) is 17.3 Å². The Kier molecular flexibility index (Phi) is 4.91. The Hall–Kier alpha value is -1.82. The van der Waals surface area contributed by atoms with Gasteiger partial charge in [-0.25, -0.2) is 4.98 Å². The molecule has 0 fully saturated rings. The molecule has 0 bridgehead atoms. The lowest BCUT2D eigenvalue weighted by Gasteiger charge is -2.12. The van der Waals surface area contributed by atoms with Gasteiger partial charge in [-0.15, -0.1) is 0 Å². The van der Waals surface area contributed by atoms with Crippen LogP contribution >= 0.6 is 11.6 Å². The Morgan fingerprint density at radius 1 is 1.61 bits per heavy atom. The van der Waals surface area contributed by atoms with Crippen molar-refractivity contribution in [2.24, 2.45) is 11.7 Å². The molecule has 0 saturated heterocycles. The zero-order valence-corrected chi connectivity index (χ0v) is 10.8. The average molecular weight is 272 g/mol. The van der Waals surface area contributed by atoms with Crippen LogP contribution in [0.5, 0.6) is 0 Å². The Morgan fingerprint density at radius 3 is 2.78 bits per heavy atom. The number of pyridine rings is 1. The van der Waals surface area contributed by atoms with Crippen LogP contribution in [0.1, 0.15) is 17.3 Å². The molecule has 0 aliphatic rings. The zero-order valence-electron chi connectivity index (χ0n) is 10.1. The molecule has 0 saturated carbocycles. The topological polar surface area (TPSA) is 94.3 Å². The maximum atomic E-state index is 11.2. The van der Waals surface area contributed by atoms with E-state index in [0.717, 1.165) is 0 Å². The molecule has 1 atom stereocenters. The standard InChI is InChI=1S/C11H14ClN3O3/c1-6(11(17)18-2)4-14-10-8(12)3-7(5-15-10)9(13)16/h3,5-6H,4H2,1-2H3,(H2,13,16)(H,14,15). The lowest BCUT2D eigenvalue weighted by atomic mass is 10.2. The van der Waals surface area contributed by atoms with E-state index < -0.39 is 5.91 Å². The first-order chi connectivity index (χ1) is 8.45. The van der Waals surface area contributed by atoms with Gasteiger partial charge < -0.3 is 15.8 Å². The van der Waals surface area contributed by atoms with Crippen LogP contribution in [-0.4, -0.2) is 30.5 Å². The fraction of sp³-hybridized carbons (Fsp3) is 0.364. The summed E-state index contributed by atoms with van der Waals surface area (Å²) in [5, 5.41) is 3.17. The van der Waals surface area contributed by atoms with Gasteiger partial charge in [-0.3, -0.25) is 9.59 Å². The number of primary amides is 1. The van der Waals surface area contributed by atoms with Crippen LogP contribution in [0.3, 0.4) is 0 Å². The van der Waals surface area contributed by atoms with Crippen LogP contribution in [0.4, 0.5) is 5.82 Å². The molecule has 0 aromatic carbocycles. The lowest BCUT2D eigenvalue weighted by molar-refractivity contribution is -0.144. The molecular formula is C11H14ClN3O3. The van der Waals surface area contributed by atoms with Crippen molar-refractivity contribution in [1.82, 2.24) is 4.98 Å². The molecular weight excluding hydrogens is 258 g/mol. The predicted octanol–water partition coefficient (Wildman–Crippen LogP) is 1.05. The number of halogens is 1. The molecule has 6 nitrogen and oxygen atoms in total. The van der Waals surface area contributed by atoms with Crippen molar-refractivity contribution in [1.29, 1.82) is 0 Å². The van der Waals surface area contributed by atoms with Gasteiger partial charge in [-0.1, -0.05) is 18.5 Å². The van der Waals surface area contributed by atoms with E-state index in [9.17, 15) is 9.59 Å². The number of methoxy groups -OCH3 is 1. The number of carbonyl (C=O) groups is 2. The number of carbonyl (C=O) groups excluding carboxylic acids is 2. The maximum Gasteiger partial charge on any atom is 0.310 e. The minimum atomic E-state index is -0.598. The molecule has 0 aliphatic heterocycles. The number of hydrogen-bond donors (Lipinski definition) is 2. The number of rotatable bonds is 5. The van der Waals surface area contributed by atoms with Crippen LogP contribution < -0.4 is 11.1 Å². The Balaban J connectivity index is 2.69. The number of aromatic nitrogens is 1. The van der Waals surface area contributed by atoms with Crippen LogP contribution in [-0.2, 0) is 9.53 Å². The Labute approximate surface area is 109 Å². The summed E-state index contributed by atoms with van der Waals surface area (Å²) >= 11 is 5.92. The number of ether oxygens (including phenoxy) is 1. The third kappa shape index (κ3) is 3.59. The van der Waals surface area contributed by atoms with Crippen molar-refractivity contribution < 1.29 is 14.3 Å². The number of anilines is 1. The van der Waals surface area contributed by atoms with Crippen molar-refractivity contribution in [3.63, 3.8) is 0 Å². The number of esters is 1. The molecule has 1 amide bonds. The molecule has 98 valence electrons. The van der Waals surface area contributed by atoms with Gasteiger partial charge in [-0.05, 0) is 6.07 Å². The zero-order chi connectivity index (χ0) is 13.7. The van der Waals surface area contributed by atoms with Crippen molar-refractivity contribution in [2.75, 3.05) is 19.0 Å². The minimum Gasteiger partial charge on any atom is -0.469 e. The van der Waals surface area contributed by atoms with Gasteiger partial charge in [0.25, 0.3) is 0 Å². The van der Waals surface area contributed by atoms with Gasteiger partial charge in [0.05, 0.1) is 23.6 Å². The third-order valence-electron chi connectivity index (χ3n) is 2.30. The van der Waals surface area contributed by atoms with Crippen molar-refractivity contribution in [2.45, 2.75) is 6.92 Å². The third-order valence-corrected chi connectivity index (χ3v) is 2.59. The maximum absolute atomic E-state index is 11.2. The van der Waals surface area contributed by atoms with Crippen LogP contribution in [0.25, 0.3) is 0 Å². The second-order valence-electron chi connectivity index (χ2n) is 3.72. The predicted molar refractivity (Wildman–Crippen MR) is 67.4 cm³/mol. The molecule has 1 aromatic heterocycles. The summed E-state index contributed by atoms with van der Waals surface area (Å²) in [7, 11) is 1.33. The highest BCUT2D eigenvalue weighted by atomic mass is 35.5. The van der Waals surface area contributed by atoms with Gasteiger partial charge >= 0.3 is 5.97 Å². The average Bonchev–Trinajstić information content (AvgIpc) is 2.35.